The summed E-state index contributed by atoms with van der Waals surface area (Å²) in [5, 5.41) is 3.29. The van der Waals surface area contributed by atoms with Gasteiger partial charge in [0.2, 0.25) is 0 Å². The quantitative estimate of drug-likeness (QED) is 0.817. The van der Waals surface area contributed by atoms with Crippen molar-refractivity contribution >= 4 is 21.6 Å². The number of anilines is 1. The van der Waals surface area contributed by atoms with E-state index in [2.05, 4.69) is 21.2 Å². The molecule has 0 aliphatic carbocycles. The van der Waals surface area contributed by atoms with Crippen LogP contribution in [0.25, 0.3) is 0 Å². The van der Waals surface area contributed by atoms with Gasteiger partial charge in [0.25, 0.3) is 0 Å². The van der Waals surface area contributed by atoms with Gasteiger partial charge in [0, 0.05) is 18.3 Å². The van der Waals surface area contributed by atoms with E-state index in [0.29, 0.717) is 6.61 Å². The Balaban J connectivity index is 1.80. The molecule has 19 heavy (non-hydrogen) atoms. The molecule has 0 atom stereocenters. The molecule has 0 fully saturated rings. The fraction of sp³-hybridized carbons (Fsp3) is 0.200. The van der Waals surface area contributed by atoms with Crippen LogP contribution in [-0.4, -0.2) is 20.3 Å². The SMILES string of the molecule is COc1cc(NCCOc2ccccc2)ccc1Br. The van der Waals surface area contributed by atoms with E-state index in [9.17, 15) is 0 Å². The molecule has 1 N–H and O–H groups in total. The minimum absolute atomic E-state index is 0.613. The fourth-order valence-electron chi connectivity index (χ4n) is 1.65. The van der Waals surface area contributed by atoms with Gasteiger partial charge in [0.15, 0.2) is 0 Å². The summed E-state index contributed by atoms with van der Waals surface area (Å²) >= 11 is 3.43. The number of ether oxygens (including phenoxy) is 2. The van der Waals surface area contributed by atoms with Gasteiger partial charge in [-0.2, -0.15) is 0 Å². The second-order valence-corrected chi connectivity index (χ2v) is 4.79. The third-order valence-corrected chi connectivity index (χ3v) is 3.25. The molecule has 0 amide bonds. The molecule has 4 heteroatoms. The average Bonchev–Trinajstić information content (AvgIpc) is 2.46. The number of rotatable bonds is 6. The van der Waals surface area contributed by atoms with E-state index in [1.807, 2.05) is 48.5 Å². The van der Waals surface area contributed by atoms with Gasteiger partial charge in [-0.1, -0.05) is 18.2 Å². The van der Waals surface area contributed by atoms with Crippen molar-refractivity contribution in [3.8, 4) is 11.5 Å². The van der Waals surface area contributed by atoms with Gasteiger partial charge in [-0.05, 0) is 40.2 Å². The van der Waals surface area contributed by atoms with Crippen LogP contribution in [0.2, 0.25) is 0 Å². The third kappa shape index (κ3) is 4.17. The number of hydrogen-bond acceptors (Lipinski definition) is 3. The second-order valence-electron chi connectivity index (χ2n) is 3.94. The third-order valence-electron chi connectivity index (χ3n) is 2.59. The number of para-hydroxylation sites is 1. The molecule has 0 aliphatic heterocycles. The van der Waals surface area contributed by atoms with Crippen LogP contribution in [-0.2, 0) is 0 Å². The average molecular weight is 322 g/mol. The highest BCUT2D eigenvalue weighted by Gasteiger charge is 2.01. The molecule has 0 aromatic heterocycles. The highest BCUT2D eigenvalue weighted by atomic mass is 79.9. The first-order valence-corrected chi connectivity index (χ1v) is 6.84. The van der Waals surface area contributed by atoms with Crippen LogP contribution in [0.4, 0.5) is 5.69 Å². The number of hydrogen-bond donors (Lipinski definition) is 1. The van der Waals surface area contributed by atoms with Gasteiger partial charge in [0.05, 0.1) is 11.6 Å². The molecule has 2 aromatic carbocycles. The molecule has 2 rings (SSSR count). The van der Waals surface area contributed by atoms with Gasteiger partial charge in [-0.15, -0.1) is 0 Å². The first-order valence-electron chi connectivity index (χ1n) is 6.05. The lowest BCUT2D eigenvalue weighted by molar-refractivity contribution is 0.333. The summed E-state index contributed by atoms with van der Waals surface area (Å²) in [6.07, 6.45) is 0. The van der Waals surface area contributed by atoms with E-state index in [1.165, 1.54) is 0 Å². The van der Waals surface area contributed by atoms with Crippen molar-refractivity contribution in [1.82, 2.24) is 0 Å². The predicted octanol–water partition coefficient (Wildman–Crippen LogP) is 3.95. The summed E-state index contributed by atoms with van der Waals surface area (Å²) in [6.45, 7) is 1.35. The zero-order valence-corrected chi connectivity index (χ0v) is 12.3. The number of nitrogens with one attached hydrogen (secondary N) is 1. The van der Waals surface area contributed by atoms with Crippen LogP contribution in [0.3, 0.4) is 0 Å². The molecule has 2 aromatic rings. The first kappa shape index (κ1) is 13.7. The Morgan fingerprint density at radius 2 is 1.89 bits per heavy atom. The monoisotopic (exact) mass is 321 g/mol. The molecule has 0 radical (unpaired) electrons. The van der Waals surface area contributed by atoms with Crippen LogP contribution >= 0.6 is 15.9 Å². The summed E-state index contributed by atoms with van der Waals surface area (Å²) in [4.78, 5) is 0. The molecule has 100 valence electrons. The minimum Gasteiger partial charge on any atom is -0.495 e. The summed E-state index contributed by atoms with van der Waals surface area (Å²) in [6, 6.07) is 15.7. The van der Waals surface area contributed by atoms with Crippen molar-refractivity contribution in [3.63, 3.8) is 0 Å². The van der Waals surface area contributed by atoms with Crippen molar-refractivity contribution in [2.24, 2.45) is 0 Å². The smallest absolute Gasteiger partial charge is 0.135 e. The normalized spacial score (nSPS) is 10.0. The predicted molar refractivity (Wildman–Crippen MR) is 81.1 cm³/mol. The lowest BCUT2D eigenvalue weighted by Gasteiger charge is -2.10. The second kappa shape index (κ2) is 7.04. The number of benzene rings is 2. The highest BCUT2D eigenvalue weighted by Crippen LogP contribution is 2.27. The van der Waals surface area contributed by atoms with Gasteiger partial charge in [-0.3, -0.25) is 0 Å². The maximum atomic E-state index is 5.61. The Bertz CT molecular complexity index is 517. The van der Waals surface area contributed by atoms with Gasteiger partial charge in [0.1, 0.15) is 18.1 Å². The van der Waals surface area contributed by atoms with Crippen molar-refractivity contribution in [3.05, 3.63) is 53.0 Å². The lowest BCUT2D eigenvalue weighted by Crippen LogP contribution is -2.11. The topological polar surface area (TPSA) is 30.5 Å². The van der Waals surface area contributed by atoms with E-state index in [0.717, 1.165) is 28.2 Å². The highest BCUT2D eigenvalue weighted by molar-refractivity contribution is 9.10. The van der Waals surface area contributed by atoms with E-state index in [4.69, 9.17) is 9.47 Å². The van der Waals surface area contributed by atoms with Crippen LogP contribution in [0.5, 0.6) is 11.5 Å². The summed E-state index contributed by atoms with van der Waals surface area (Å²) in [7, 11) is 1.66. The van der Waals surface area contributed by atoms with Crippen molar-refractivity contribution in [2.45, 2.75) is 0 Å². The number of methoxy groups -OCH3 is 1. The molecular formula is C15H16BrNO2. The zero-order valence-electron chi connectivity index (χ0n) is 10.7. The maximum Gasteiger partial charge on any atom is 0.135 e. The van der Waals surface area contributed by atoms with Crippen molar-refractivity contribution < 1.29 is 9.47 Å². The first-order chi connectivity index (χ1) is 9.29. The Labute approximate surface area is 121 Å². The van der Waals surface area contributed by atoms with Crippen LogP contribution in [0.15, 0.2) is 53.0 Å². The van der Waals surface area contributed by atoms with Gasteiger partial charge < -0.3 is 14.8 Å². The van der Waals surface area contributed by atoms with E-state index < -0.39 is 0 Å². The standard InChI is InChI=1S/C15H16BrNO2/c1-18-15-11-12(7-8-14(15)16)17-9-10-19-13-5-3-2-4-6-13/h2-8,11,17H,9-10H2,1H3. The molecule has 0 spiro atoms. The Morgan fingerprint density at radius 3 is 2.63 bits per heavy atom. The molecule has 0 bridgehead atoms. The van der Waals surface area contributed by atoms with Crippen LogP contribution in [0, 0.1) is 0 Å². The summed E-state index contributed by atoms with van der Waals surface area (Å²) in [5.41, 5.74) is 1.01. The zero-order chi connectivity index (χ0) is 13.5. The molecule has 0 saturated carbocycles. The van der Waals surface area contributed by atoms with Gasteiger partial charge >= 0.3 is 0 Å². The molecule has 0 saturated heterocycles. The largest absolute Gasteiger partial charge is 0.495 e. The van der Waals surface area contributed by atoms with E-state index in [-0.39, 0.29) is 0 Å². The van der Waals surface area contributed by atoms with E-state index in [1.54, 1.807) is 7.11 Å². The summed E-state index contributed by atoms with van der Waals surface area (Å²) < 4.78 is 11.8. The van der Waals surface area contributed by atoms with Crippen molar-refractivity contribution in [2.75, 3.05) is 25.6 Å². The van der Waals surface area contributed by atoms with Crippen molar-refractivity contribution in [1.29, 1.82) is 0 Å². The molecule has 3 nitrogen and oxygen atoms in total. The molecule has 0 aliphatic rings. The molecule has 0 heterocycles. The van der Waals surface area contributed by atoms with Gasteiger partial charge in [-0.25, -0.2) is 0 Å². The van der Waals surface area contributed by atoms with E-state index >= 15 is 0 Å². The molecule has 0 unspecified atom stereocenters. The Kier molecular flexibility index (Phi) is 5.10. The van der Waals surface area contributed by atoms with Crippen LogP contribution in [0.1, 0.15) is 0 Å². The fourth-order valence-corrected chi connectivity index (χ4v) is 2.06. The Hall–Kier alpha value is -1.68. The summed E-state index contributed by atoms with van der Waals surface area (Å²) in [5.74, 6) is 1.70. The molecular weight excluding hydrogens is 306 g/mol. The minimum atomic E-state index is 0.613. The Morgan fingerprint density at radius 1 is 1.11 bits per heavy atom. The maximum absolute atomic E-state index is 5.61. The van der Waals surface area contributed by atoms with Crippen LogP contribution < -0.4 is 14.8 Å². The lowest BCUT2D eigenvalue weighted by atomic mass is 10.3. The number of halogens is 1.